The summed E-state index contributed by atoms with van der Waals surface area (Å²) in [5.41, 5.74) is 0. The Morgan fingerprint density at radius 2 is 1.90 bits per heavy atom. The summed E-state index contributed by atoms with van der Waals surface area (Å²) in [5, 5.41) is 8.55. The summed E-state index contributed by atoms with van der Waals surface area (Å²) in [6.07, 6.45) is 1.13. The predicted octanol–water partition coefficient (Wildman–Crippen LogP) is 2.00. The molecule has 0 aliphatic carbocycles. The SMILES string of the molecule is CC(CCNS(=O)(=O)c1ccc(F)cc1)CCC(=O)O. The first kappa shape index (κ1) is 16.6. The van der Waals surface area contributed by atoms with Crippen molar-refractivity contribution in [2.24, 2.45) is 5.92 Å². The van der Waals surface area contributed by atoms with E-state index in [0.717, 1.165) is 12.1 Å². The van der Waals surface area contributed by atoms with Crippen LogP contribution in [0.3, 0.4) is 0 Å². The minimum Gasteiger partial charge on any atom is -0.481 e. The first-order valence-electron chi connectivity index (χ1n) is 6.28. The Hall–Kier alpha value is -1.47. The number of hydrogen-bond donors (Lipinski definition) is 2. The molecule has 7 heteroatoms. The van der Waals surface area contributed by atoms with Crippen molar-refractivity contribution < 1.29 is 22.7 Å². The smallest absolute Gasteiger partial charge is 0.303 e. The van der Waals surface area contributed by atoms with Gasteiger partial charge >= 0.3 is 5.97 Å². The second-order valence-electron chi connectivity index (χ2n) is 4.68. The number of sulfonamides is 1. The molecule has 1 unspecified atom stereocenters. The summed E-state index contributed by atoms with van der Waals surface area (Å²) in [6.45, 7) is 2.09. The monoisotopic (exact) mass is 303 g/mol. The van der Waals surface area contributed by atoms with Gasteiger partial charge in [0.2, 0.25) is 10.0 Å². The van der Waals surface area contributed by atoms with E-state index in [-0.39, 0.29) is 23.8 Å². The maximum absolute atomic E-state index is 12.7. The number of aliphatic carboxylic acids is 1. The molecule has 5 nitrogen and oxygen atoms in total. The van der Waals surface area contributed by atoms with Gasteiger partial charge in [-0.05, 0) is 43.0 Å². The molecule has 0 fully saturated rings. The van der Waals surface area contributed by atoms with Crippen LogP contribution < -0.4 is 4.72 Å². The predicted molar refractivity (Wildman–Crippen MR) is 72.2 cm³/mol. The van der Waals surface area contributed by atoms with Gasteiger partial charge in [0.15, 0.2) is 0 Å². The fourth-order valence-electron chi connectivity index (χ4n) is 1.65. The quantitative estimate of drug-likeness (QED) is 0.769. The van der Waals surface area contributed by atoms with Crippen LogP contribution in [0.2, 0.25) is 0 Å². The number of carboxylic acid groups (broad SMARTS) is 1. The average molecular weight is 303 g/mol. The Morgan fingerprint density at radius 1 is 1.30 bits per heavy atom. The molecular weight excluding hydrogens is 285 g/mol. The van der Waals surface area contributed by atoms with E-state index >= 15 is 0 Å². The fraction of sp³-hybridized carbons (Fsp3) is 0.462. The van der Waals surface area contributed by atoms with E-state index in [9.17, 15) is 17.6 Å². The Labute approximate surface area is 117 Å². The van der Waals surface area contributed by atoms with E-state index in [0.29, 0.717) is 12.8 Å². The van der Waals surface area contributed by atoms with Gasteiger partial charge in [-0.25, -0.2) is 17.5 Å². The number of rotatable bonds is 8. The second kappa shape index (κ2) is 7.35. The van der Waals surface area contributed by atoms with Crippen LogP contribution in [-0.2, 0) is 14.8 Å². The van der Waals surface area contributed by atoms with Crippen molar-refractivity contribution in [3.05, 3.63) is 30.1 Å². The third kappa shape index (κ3) is 5.66. The summed E-state index contributed by atoms with van der Waals surface area (Å²) in [7, 11) is -3.64. The van der Waals surface area contributed by atoms with Crippen molar-refractivity contribution in [1.29, 1.82) is 0 Å². The van der Waals surface area contributed by atoms with Gasteiger partial charge in [0.1, 0.15) is 5.82 Å². The van der Waals surface area contributed by atoms with E-state index in [4.69, 9.17) is 5.11 Å². The summed E-state index contributed by atoms with van der Waals surface area (Å²) >= 11 is 0. The van der Waals surface area contributed by atoms with Crippen molar-refractivity contribution in [2.45, 2.75) is 31.1 Å². The molecule has 0 amide bonds. The number of carbonyl (C=O) groups is 1. The third-order valence-corrected chi connectivity index (χ3v) is 4.38. The van der Waals surface area contributed by atoms with Crippen molar-refractivity contribution in [1.82, 2.24) is 4.72 Å². The van der Waals surface area contributed by atoms with Crippen LogP contribution in [0.4, 0.5) is 4.39 Å². The molecule has 0 bridgehead atoms. The highest BCUT2D eigenvalue weighted by atomic mass is 32.2. The summed E-state index contributed by atoms with van der Waals surface area (Å²) < 4.78 is 38.9. The first-order chi connectivity index (χ1) is 9.31. The number of hydrogen-bond acceptors (Lipinski definition) is 3. The molecule has 1 aromatic rings. The third-order valence-electron chi connectivity index (χ3n) is 2.90. The molecule has 0 saturated carbocycles. The molecule has 0 aliphatic rings. The van der Waals surface area contributed by atoms with Crippen LogP contribution >= 0.6 is 0 Å². The van der Waals surface area contributed by atoms with Crippen molar-refractivity contribution in [3.8, 4) is 0 Å². The zero-order valence-corrected chi connectivity index (χ0v) is 12.0. The molecular formula is C13H18FNO4S. The van der Waals surface area contributed by atoms with Gasteiger partial charge in [0.25, 0.3) is 0 Å². The highest BCUT2D eigenvalue weighted by Gasteiger charge is 2.14. The van der Waals surface area contributed by atoms with E-state index in [2.05, 4.69) is 4.72 Å². The summed E-state index contributed by atoms with van der Waals surface area (Å²) in [5.74, 6) is -1.24. The maximum atomic E-state index is 12.7. The molecule has 0 spiro atoms. The van der Waals surface area contributed by atoms with E-state index in [1.54, 1.807) is 0 Å². The molecule has 1 rings (SSSR count). The second-order valence-corrected chi connectivity index (χ2v) is 6.44. The van der Waals surface area contributed by atoms with Crippen LogP contribution in [0.15, 0.2) is 29.2 Å². The van der Waals surface area contributed by atoms with Crippen LogP contribution in [0.25, 0.3) is 0 Å². The zero-order valence-electron chi connectivity index (χ0n) is 11.2. The van der Waals surface area contributed by atoms with Crippen molar-refractivity contribution in [2.75, 3.05) is 6.54 Å². The number of nitrogens with one attached hydrogen (secondary N) is 1. The summed E-state index contributed by atoms with van der Waals surface area (Å²) in [4.78, 5) is 10.4. The van der Waals surface area contributed by atoms with Crippen LogP contribution in [0, 0.1) is 11.7 Å². The molecule has 0 saturated heterocycles. The Morgan fingerprint density at radius 3 is 2.45 bits per heavy atom. The molecule has 0 aliphatic heterocycles. The molecule has 0 radical (unpaired) electrons. The first-order valence-corrected chi connectivity index (χ1v) is 7.76. The van der Waals surface area contributed by atoms with Crippen LogP contribution in [-0.4, -0.2) is 26.0 Å². The Bertz CT molecular complexity index is 542. The molecule has 2 N–H and O–H groups in total. The fourth-order valence-corrected chi connectivity index (χ4v) is 2.70. The lowest BCUT2D eigenvalue weighted by molar-refractivity contribution is -0.137. The Balaban J connectivity index is 2.44. The molecule has 1 atom stereocenters. The van der Waals surface area contributed by atoms with Gasteiger partial charge in [-0.1, -0.05) is 6.92 Å². The molecule has 20 heavy (non-hydrogen) atoms. The normalized spacial score (nSPS) is 13.1. The number of benzene rings is 1. The van der Waals surface area contributed by atoms with Crippen molar-refractivity contribution in [3.63, 3.8) is 0 Å². The van der Waals surface area contributed by atoms with Crippen molar-refractivity contribution >= 4 is 16.0 Å². The highest BCUT2D eigenvalue weighted by Crippen LogP contribution is 2.12. The van der Waals surface area contributed by atoms with Gasteiger partial charge in [0, 0.05) is 13.0 Å². The van der Waals surface area contributed by atoms with Gasteiger partial charge < -0.3 is 5.11 Å². The molecule has 112 valence electrons. The number of carboxylic acids is 1. The van der Waals surface area contributed by atoms with E-state index in [1.165, 1.54) is 12.1 Å². The number of halogens is 1. The van der Waals surface area contributed by atoms with Gasteiger partial charge in [0.05, 0.1) is 4.90 Å². The lowest BCUT2D eigenvalue weighted by Gasteiger charge is -2.11. The standard InChI is InChI=1S/C13H18FNO4S/c1-10(2-7-13(16)17)8-9-15-20(18,19)12-5-3-11(14)4-6-12/h3-6,10,15H,2,7-9H2,1H3,(H,16,17). The lowest BCUT2D eigenvalue weighted by atomic mass is 10.0. The van der Waals surface area contributed by atoms with Gasteiger partial charge in [-0.3, -0.25) is 4.79 Å². The maximum Gasteiger partial charge on any atom is 0.303 e. The van der Waals surface area contributed by atoms with Crippen LogP contribution in [0.1, 0.15) is 26.2 Å². The Kier molecular flexibility index (Phi) is 6.09. The summed E-state index contributed by atoms with van der Waals surface area (Å²) in [6, 6.07) is 4.57. The minimum absolute atomic E-state index is 0.0112. The lowest BCUT2D eigenvalue weighted by Crippen LogP contribution is -2.26. The minimum atomic E-state index is -3.64. The average Bonchev–Trinajstić information content (AvgIpc) is 2.36. The van der Waals surface area contributed by atoms with E-state index < -0.39 is 21.8 Å². The topological polar surface area (TPSA) is 83.5 Å². The molecule has 1 aromatic carbocycles. The van der Waals surface area contributed by atoms with Gasteiger partial charge in [-0.2, -0.15) is 0 Å². The van der Waals surface area contributed by atoms with E-state index in [1.807, 2.05) is 6.92 Å². The molecule has 0 aromatic heterocycles. The zero-order chi connectivity index (χ0) is 15.2. The highest BCUT2D eigenvalue weighted by molar-refractivity contribution is 7.89. The largest absolute Gasteiger partial charge is 0.481 e. The van der Waals surface area contributed by atoms with Crippen LogP contribution in [0.5, 0.6) is 0 Å². The molecule has 0 heterocycles. The van der Waals surface area contributed by atoms with Gasteiger partial charge in [-0.15, -0.1) is 0 Å².